The Hall–Kier alpha value is -1.59. The van der Waals surface area contributed by atoms with E-state index in [-0.39, 0.29) is 24.2 Å². The molecule has 1 aliphatic heterocycles. The third-order valence-electron chi connectivity index (χ3n) is 4.30. The number of carbonyl (C=O) groups is 2. The second-order valence-electron chi connectivity index (χ2n) is 6.44. The van der Waals surface area contributed by atoms with E-state index in [4.69, 9.17) is 0 Å². The zero-order chi connectivity index (χ0) is 16.7. The van der Waals surface area contributed by atoms with Crippen LogP contribution in [0.25, 0.3) is 0 Å². The van der Waals surface area contributed by atoms with Crippen LogP contribution < -0.4 is 10.6 Å². The number of amides is 2. The Labute approximate surface area is 150 Å². The molecule has 1 fully saturated rings. The van der Waals surface area contributed by atoms with Crippen molar-refractivity contribution in [3.8, 4) is 0 Å². The molecule has 5 nitrogen and oxygen atoms in total. The summed E-state index contributed by atoms with van der Waals surface area (Å²) < 4.78 is 0. The molecular weight excluding hydrogens is 326 g/mol. The molecule has 2 unspecified atom stereocenters. The first-order valence-corrected chi connectivity index (χ1v) is 8.31. The van der Waals surface area contributed by atoms with Gasteiger partial charge in [0.05, 0.1) is 0 Å². The van der Waals surface area contributed by atoms with E-state index in [9.17, 15) is 9.59 Å². The van der Waals surface area contributed by atoms with Gasteiger partial charge in [0.25, 0.3) is 0 Å². The predicted molar refractivity (Wildman–Crippen MR) is 98.2 cm³/mol. The Bertz CT molecular complexity index is 516. The number of rotatable bonds is 7. The van der Waals surface area contributed by atoms with Gasteiger partial charge < -0.3 is 15.5 Å². The quantitative estimate of drug-likeness (QED) is 0.783. The summed E-state index contributed by atoms with van der Waals surface area (Å²) in [6, 6.07) is 9.30. The summed E-state index contributed by atoms with van der Waals surface area (Å²) in [7, 11) is 3.44. The molecule has 1 heterocycles. The van der Waals surface area contributed by atoms with Gasteiger partial charge in [-0.05, 0) is 37.4 Å². The normalized spacial score (nSPS) is 17.7. The van der Waals surface area contributed by atoms with Crippen LogP contribution in [0.4, 0.5) is 0 Å². The molecule has 0 spiro atoms. The average Bonchev–Trinajstić information content (AvgIpc) is 3.06. The maximum Gasteiger partial charge on any atom is 0.244 e. The van der Waals surface area contributed by atoms with Gasteiger partial charge in [-0.2, -0.15) is 0 Å². The van der Waals surface area contributed by atoms with Crippen molar-refractivity contribution in [1.82, 2.24) is 15.5 Å². The smallest absolute Gasteiger partial charge is 0.244 e. The van der Waals surface area contributed by atoms with E-state index in [1.54, 1.807) is 14.1 Å². The van der Waals surface area contributed by atoms with E-state index in [1.165, 1.54) is 4.90 Å². The first-order valence-electron chi connectivity index (χ1n) is 8.31. The van der Waals surface area contributed by atoms with Crippen LogP contribution in [0.5, 0.6) is 0 Å². The van der Waals surface area contributed by atoms with E-state index in [2.05, 4.69) is 10.6 Å². The topological polar surface area (TPSA) is 61.4 Å². The number of hydrogen-bond acceptors (Lipinski definition) is 3. The van der Waals surface area contributed by atoms with Gasteiger partial charge in [0, 0.05) is 26.9 Å². The van der Waals surface area contributed by atoms with E-state index in [0.717, 1.165) is 31.5 Å². The lowest BCUT2D eigenvalue weighted by Gasteiger charge is -2.22. The number of halogens is 1. The van der Waals surface area contributed by atoms with Gasteiger partial charge in [-0.15, -0.1) is 12.4 Å². The minimum atomic E-state index is -0.499. The molecule has 2 rings (SSSR count). The summed E-state index contributed by atoms with van der Waals surface area (Å²) in [6.07, 6.45) is 3.03. The Balaban J connectivity index is 0.00000288. The summed E-state index contributed by atoms with van der Waals surface area (Å²) in [5, 5.41) is 6.23. The zero-order valence-electron chi connectivity index (χ0n) is 14.5. The lowest BCUT2D eigenvalue weighted by molar-refractivity contribution is -0.134. The van der Waals surface area contributed by atoms with Crippen molar-refractivity contribution in [2.75, 3.05) is 27.2 Å². The first-order chi connectivity index (χ1) is 11.1. The molecule has 0 saturated carbocycles. The fourth-order valence-electron chi connectivity index (χ4n) is 2.92. The molecule has 2 amide bonds. The summed E-state index contributed by atoms with van der Waals surface area (Å²) in [5.74, 6) is 0.482. The highest BCUT2D eigenvalue weighted by atomic mass is 35.5. The number of likely N-dealkylation sites (N-methyl/N-ethyl adjacent to an activating group) is 1. The average molecular weight is 354 g/mol. The maximum absolute atomic E-state index is 12.3. The summed E-state index contributed by atoms with van der Waals surface area (Å²) in [6.45, 7) is 2.04. The standard InChI is InChI=1S/C18H27N3O2.ClH/c1-21(2)18(23)16(12-14-6-4-3-5-7-14)20-17(22)9-8-15-10-11-19-13-15;/h3-7,15-16,19H,8-13H2,1-2H3,(H,20,22);1H. The third-order valence-corrected chi connectivity index (χ3v) is 4.30. The van der Waals surface area contributed by atoms with Crippen LogP contribution >= 0.6 is 12.4 Å². The van der Waals surface area contributed by atoms with Crippen molar-refractivity contribution >= 4 is 24.2 Å². The van der Waals surface area contributed by atoms with Crippen molar-refractivity contribution in [1.29, 1.82) is 0 Å². The highest BCUT2D eigenvalue weighted by Gasteiger charge is 2.23. The largest absolute Gasteiger partial charge is 0.347 e. The van der Waals surface area contributed by atoms with Crippen molar-refractivity contribution < 1.29 is 9.59 Å². The number of benzene rings is 1. The Kier molecular flexibility index (Phi) is 8.79. The predicted octanol–water partition coefficient (Wildman–Crippen LogP) is 1.61. The molecule has 2 N–H and O–H groups in total. The zero-order valence-corrected chi connectivity index (χ0v) is 15.3. The molecule has 24 heavy (non-hydrogen) atoms. The fourth-order valence-corrected chi connectivity index (χ4v) is 2.92. The van der Waals surface area contributed by atoms with Crippen molar-refractivity contribution in [3.05, 3.63) is 35.9 Å². The van der Waals surface area contributed by atoms with Crippen LogP contribution in [0.15, 0.2) is 30.3 Å². The second-order valence-corrected chi connectivity index (χ2v) is 6.44. The lowest BCUT2D eigenvalue weighted by Crippen LogP contribution is -2.47. The van der Waals surface area contributed by atoms with Crippen LogP contribution in [0.2, 0.25) is 0 Å². The molecule has 6 heteroatoms. The van der Waals surface area contributed by atoms with Gasteiger partial charge in [-0.3, -0.25) is 9.59 Å². The minimum absolute atomic E-state index is 0. The Morgan fingerprint density at radius 1 is 1.29 bits per heavy atom. The van der Waals surface area contributed by atoms with E-state index >= 15 is 0 Å². The molecule has 0 aromatic heterocycles. The van der Waals surface area contributed by atoms with E-state index in [0.29, 0.717) is 18.8 Å². The van der Waals surface area contributed by atoms with Gasteiger partial charge in [-0.25, -0.2) is 0 Å². The molecule has 2 atom stereocenters. The molecule has 0 radical (unpaired) electrons. The van der Waals surface area contributed by atoms with Gasteiger partial charge >= 0.3 is 0 Å². The molecule has 1 saturated heterocycles. The van der Waals surface area contributed by atoms with Crippen molar-refractivity contribution in [2.24, 2.45) is 5.92 Å². The monoisotopic (exact) mass is 353 g/mol. The molecular formula is C18H28ClN3O2. The summed E-state index contributed by atoms with van der Waals surface area (Å²) >= 11 is 0. The highest BCUT2D eigenvalue weighted by Crippen LogP contribution is 2.14. The molecule has 1 aliphatic rings. The third kappa shape index (κ3) is 6.49. The van der Waals surface area contributed by atoms with Crippen molar-refractivity contribution in [2.45, 2.75) is 31.7 Å². The van der Waals surface area contributed by atoms with Gasteiger partial charge in [0.1, 0.15) is 6.04 Å². The van der Waals surface area contributed by atoms with Crippen LogP contribution in [0.1, 0.15) is 24.8 Å². The molecule has 0 aliphatic carbocycles. The van der Waals surface area contributed by atoms with Crippen LogP contribution in [-0.2, 0) is 16.0 Å². The fraction of sp³-hybridized carbons (Fsp3) is 0.556. The number of hydrogen-bond donors (Lipinski definition) is 2. The first kappa shape index (κ1) is 20.5. The Morgan fingerprint density at radius 2 is 2.00 bits per heavy atom. The number of carbonyl (C=O) groups excluding carboxylic acids is 2. The number of nitrogens with one attached hydrogen (secondary N) is 2. The maximum atomic E-state index is 12.3. The van der Waals surface area contributed by atoms with E-state index in [1.807, 2.05) is 30.3 Å². The number of nitrogens with zero attached hydrogens (tertiary/aromatic N) is 1. The second kappa shape index (κ2) is 10.3. The lowest BCUT2D eigenvalue weighted by atomic mass is 10.0. The summed E-state index contributed by atoms with van der Waals surface area (Å²) in [4.78, 5) is 26.1. The molecule has 1 aromatic carbocycles. The van der Waals surface area contributed by atoms with Crippen LogP contribution in [-0.4, -0.2) is 49.9 Å². The highest BCUT2D eigenvalue weighted by molar-refractivity contribution is 5.87. The van der Waals surface area contributed by atoms with Gasteiger partial charge in [-0.1, -0.05) is 30.3 Å². The van der Waals surface area contributed by atoms with Crippen LogP contribution in [0, 0.1) is 5.92 Å². The molecule has 1 aromatic rings. The summed E-state index contributed by atoms with van der Waals surface area (Å²) in [5.41, 5.74) is 1.05. The minimum Gasteiger partial charge on any atom is -0.347 e. The molecule has 0 bridgehead atoms. The SMILES string of the molecule is CN(C)C(=O)C(Cc1ccccc1)NC(=O)CCC1CCNC1.Cl. The van der Waals surface area contributed by atoms with Crippen molar-refractivity contribution in [3.63, 3.8) is 0 Å². The van der Waals surface area contributed by atoms with Gasteiger partial charge in [0.2, 0.25) is 11.8 Å². The molecule has 134 valence electrons. The van der Waals surface area contributed by atoms with E-state index < -0.39 is 6.04 Å². The van der Waals surface area contributed by atoms with Gasteiger partial charge in [0.15, 0.2) is 0 Å². The Morgan fingerprint density at radius 3 is 2.58 bits per heavy atom. The van der Waals surface area contributed by atoms with Crippen LogP contribution in [0.3, 0.4) is 0 Å².